The zero-order chi connectivity index (χ0) is 8.10. The summed E-state index contributed by atoms with van der Waals surface area (Å²) < 4.78 is 0. The molecule has 1 rings (SSSR count). The van der Waals surface area contributed by atoms with Crippen LogP contribution >= 0.6 is 0 Å². The van der Waals surface area contributed by atoms with Crippen LogP contribution in [0.4, 0.5) is 0 Å². The van der Waals surface area contributed by atoms with E-state index < -0.39 is 0 Å². The standard InChI is InChI=1S/C9H14N2/c10-7-8-5-3-1-2-4-6-9(8)11/h8,11H,1-6H2. The first-order valence-electron chi connectivity index (χ1n) is 4.31. The van der Waals surface area contributed by atoms with Gasteiger partial charge in [0.1, 0.15) is 0 Å². The SMILES string of the molecule is N#CC1CCCCCCC1=N. The Labute approximate surface area is 67.7 Å². The fraction of sp³-hybridized carbons (Fsp3) is 0.778. The quantitative estimate of drug-likeness (QED) is 0.566. The number of nitrogens with zero attached hydrogens (tertiary/aromatic N) is 1. The number of hydrogen-bond acceptors (Lipinski definition) is 2. The molecule has 1 unspecified atom stereocenters. The van der Waals surface area contributed by atoms with Gasteiger partial charge in [-0.1, -0.05) is 19.3 Å². The second kappa shape index (κ2) is 4.12. The molecule has 0 heterocycles. The van der Waals surface area contributed by atoms with Gasteiger partial charge in [-0.15, -0.1) is 0 Å². The van der Waals surface area contributed by atoms with Crippen molar-refractivity contribution in [2.45, 2.75) is 38.5 Å². The Morgan fingerprint density at radius 1 is 1.27 bits per heavy atom. The molecule has 0 aliphatic heterocycles. The molecule has 0 spiro atoms. The van der Waals surface area contributed by atoms with Crippen molar-refractivity contribution in [3.8, 4) is 6.07 Å². The summed E-state index contributed by atoms with van der Waals surface area (Å²) in [6.07, 6.45) is 6.47. The third-order valence-corrected chi connectivity index (χ3v) is 2.27. The molecular formula is C9H14N2. The van der Waals surface area contributed by atoms with Crippen LogP contribution in [-0.4, -0.2) is 5.71 Å². The molecule has 1 aliphatic rings. The molecule has 2 heteroatoms. The first-order valence-corrected chi connectivity index (χ1v) is 4.31. The number of nitriles is 1. The fourth-order valence-corrected chi connectivity index (χ4v) is 1.51. The smallest absolute Gasteiger partial charge is 0.0838 e. The molecule has 1 atom stereocenters. The third kappa shape index (κ3) is 2.34. The lowest BCUT2D eigenvalue weighted by atomic mass is 9.91. The molecule has 0 amide bonds. The lowest BCUT2D eigenvalue weighted by molar-refractivity contribution is 0.567. The van der Waals surface area contributed by atoms with Crippen molar-refractivity contribution in [2.75, 3.05) is 0 Å². The number of hydrogen-bond donors (Lipinski definition) is 1. The summed E-state index contributed by atoms with van der Waals surface area (Å²) >= 11 is 0. The van der Waals surface area contributed by atoms with Gasteiger partial charge in [-0.05, 0) is 19.3 Å². The summed E-state index contributed by atoms with van der Waals surface area (Å²) in [5.74, 6) is -0.0738. The maximum atomic E-state index is 8.69. The molecule has 60 valence electrons. The highest BCUT2D eigenvalue weighted by atomic mass is 14.5. The predicted molar refractivity (Wildman–Crippen MR) is 44.5 cm³/mol. The van der Waals surface area contributed by atoms with Gasteiger partial charge in [0, 0.05) is 5.71 Å². The number of rotatable bonds is 0. The zero-order valence-electron chi connectivity index (χ0n) is 6.77. The first-order chi connectivity index (χ1) is 5.34. The minimum Gasteiger partial charge on any atom is -0.308 e. The summed E-state index contributed by atoms with van der Waals surface area (Å²) in [7, 11) is 0. The van der Waals surface area contributed by atoms with Crippen LogP contribution in [0.15, 0.2) is 0 Å². The fourth-order valence-electron chi connectivity index (χ4n) is 1.51. The van der Waals surface area contributed by atoms with Gasteiger partial charge in [0.25, 0.3) is 0 Å². The molecule has 1 N–H and O–H groups in total. The van der Waals surface area contributed by atoms with Crippen LogP contribution in [0.25, 0.3) is 0 Å². The van der Waals surface area contributed by atoms with Gasteiger partial charge in [-0.3, -0.25) is 0 Å². The molecular weight excluding hydrogens is 136 g/mol. The van der Waals surface area contributed by atoms with Crippen molar-refractivity contribution >= 4 is 5.71 Å². The van der Waals surface area contributed by atoms with Crippen molar-refractivity contribution in [2.24, 2.45) is 5.92 Å². The van der Waals surface area contributed by atoms with Gasteiger partial charge < -0.3 is 5.41 Å². The van der Waals surface area contributed by atoms with Crippen molar-refractivity contribution < 1.29 is 0 Å². The molecule has 1 aliphatic carbocycles. The van der Waals surface area contributed by atoms with Crippen LogP contribution in [0.2, 0.25) is 0 Å². The van der Waals surface area contributed by atoms with Crippen molar-refractivity contribution in [1.82, 2.24) is 0 Å². The lowest BCUT2D eigenvalue weighted by Crippen LogP contribution is -2.13. The van der Waals surface area contributed by atoms with Gasteiger partial charge in [0.05, 0.1) is 12.0 Å². The molecule has 0 radical (unpaired) electrons. The molecule has 0 bridgehead atoms. The molecule has 0 saturated heterocycles. The molecule has 0 aromatic heterocycles. The monoisotopic (exact) mass is 150 g/mol. The molecule has 1 saturated carbocycles. The first kappa shape index (κ1) is 8.26. The summed E-state index contributed by atoms with van der Waals surface area (Å²) in [6.45, 7) is 0. The Balaban J connectivity index is 2.48. The number of nitrogens with one attached hydrogen (secondary N) is 1. The predicted octanol–water partition coefficient (Wildman–Crippen LogP) is 2.50. The normalized spacial score (nSPS) is 26.8. The van der Waals surface area contributed by atoms with E-state index in [0.29, 0.717) is 5.71 Å². The van der Waals surface area contributed by atoms with Gasteiger partial charge in [-0.2, -0.15) is 5.26 Å². The van der Waals surface area contributed by atoms with Gasteiger partial charge in [-0.25, -0.2) is 0 Å². The van der Waals surface area contributed by atoms with Crippen LogP contribution in [0.3, 0.4) is 0 Å². The summed E-state index contributed by atoms with van der Waals surface area (Å²) in [5, 5.41) is 16.2. The highest BCUT2D eigenvalue weighted by Crippen LogP contribution is 2.18. The Hall–Kier alpha value is -0.840. The van der Waals surface area contributed by atoms with Crippen LogP contribution < -0.4 is 0 Å². The van der Waals surface area contributed by atoms with Crippen molar-refractivity contribution in [1.29, 1.82) is 10.7 Å². The minimum absolute atomic E-state index is 0.0738. The van der Waals surface area contributed by atoms with Gasteiger partial charge in [0.2, 0.25) is 0 Å². The Morgan fingerprint density at radius 3 is 2.73 bits per heavy atom. The molecule has 1 fully saturated rings. The maximum absolute atomic E-state index is 8.69. The van der Waals surface area contributed by atoms with Crippen LogP contribution in [0.1, 0.15) is 38.5 Å². The van der Waals surface area contributed by atoms with Crippen molar-refractivity contribution in [3.63, 3.8) is 0 Å². The zero-order valence-corrected chi connectivity index (χ0v) is 6.77. The van der Waals surface area contributed by atoms with E-state index in [1.54, 1.807) is 0 Å². The summed E-state index contributed by atoms with van der Waals surface area (Å²) in [4.78, 5) is 0. The van der Waals surface area contributed by atoms with E-state index in [9.17, 15) is 0 Å². The van der Waals surface area contributed by atoms with Crippen LogP contribution in [0, 0.1) is 22.7 Å². The van der Waals surface area contributed by atoms with E-state index in [1.807, 2.05) is 0 Å². The minimum atomic E-state index is -0.0738. The summed E-state index contributed by atoms with van der Waals surface area (Å²) in [5.41, 5.74) is 0.659. The van der Waals surface area contributed by atoms with Crippen LogP contribution in [0.5, 0.6) is 0 Å². The maximum Gasteiger partial charge on any atom is 0.0838 e. The van der Waals surface area contributed by atoms with E-state index in [4.69, 9.17) is 10.7 Å². The van der Waals surface area contributed by atoms with E-state index in [2.05, 4.69) is 6.07 Å². The average Bonchev–Trinajstić information content (AvgIpc) is 1.98. The van der Waals surface area contributed by atoms with Crippen LogP contribution in [-0.2, 0) is 0 Å². The Morgan fingerprint density at radius 2 is 2.00 bits per heavy atom. The second-order valence-electron chi connectivity index (χ2n) is 3.16. The molecule has 2 nitrogen and oxygen atoms in total. The molecule has 0 aromatic rings. The van der Waals surface area contributed by atoms with E-state index in [1.165, 1.54) is 12.8 Å². The van der Waals surface area contributed by atoms with E-state index >= 15 is 0 Å². The topological polar surface area (TPSA) is 47.6 Å². The lowest BCUT2D eigenvalue weighted by Gasteiger charge is -2.13. The Bertz CT molecular complexity index is 178. The highest BCUT2D eigenvalue weighted by molar-refractivity contribution is 5.85. The van der Waals surface area contributed by atoms with Gasteiger partial charge in [0.15, 0.2) is 0 Å². The van der Waals surface area contributed by atoms with E-state index in [-0.39, 0.29) is 5.92 Å². The molecule has 0 aromatic carbocycles. The van der Waals surface area contributed by atoms with E-state index in [0.717, 1.165) is 25.7 Å². The largest absolute Gasteiger partial charge is 0.308 e. The van der Waals surface area contributed by atoms with Gasteiger partial charge >= 0.3 is 0 Å². The summed E-state index contributed by atoms with van der Waals surface area (Å²) in [6, 6.07) is 2.20. The average molecular weight is 150 g/mol. The molecule has 11 heavy (non-hydrogen) atoms. The second-order valence-corrected chi connectivity index (χ2v) is 3.16. The highest BCUT2D eigenvalue weighted by Gasteiger charge is 2.14. The Kier molecular flexibility index (Phi) is 3.10. The van der Waals surface area contributed by atoms with Crippen molar-refractivity contribution in [3.05, 3.63) is 0 Å². The third-order valence-electron chi connectivity index (χ3n) is 2.27.